The zero-order chi connectivity index (χ0) is 26.9. The van der Waals surface area contributed by atoms with E-state index in [-0.39, 0.29) is 13.2 Å². The quantitative estimate of drug-likeness (QED) is 0.276. The highest BCUT2D eigenvalue weighted by atomic mass is 16.5. The Labute approximate surface area is 218 Å². The summed E-state index contributed by atoms with van der Waals surface area (Å²) in [5.41, 5.74) is 5.92. The fourth-order valence-electron chi connectivity index (χ4n) is 3.95. The lowest BCUT2D eigenvalue weighted by atomic mass is 10.0. The molecule has 1 aromatic heterocycles. The van der Waals surface area contributed by atoms with Gasteiger partial charge in [-0.15, -0.1) is 0 Å². The summed E-state index contributed by atoms with van der Waals surface area (Å²) in [6.07, 6.45) is -0.197. The first-order chi connectivity index (χ1) is 17.7. The van der Waals surface area contributed by atoms with Crippen molar-refractivity contribution in [3.63, 3.8) is 0 Å². The third-order valence-electron chi connectivity index (χ3n) is 5.97. The number of carbonyl (C=O) groups excluding carboxylic acids is 1. The molecule has 3 aromatic rings. The van der Waals surface area contributed by atoms with Crippen LogP contribution >= 0.6 is 0 Å². The molecule has 4 N–H and O–H groups in total. The summed E-state index contributed by atoms with van der Waals surface area (Å²) in [5, 5.41) is 29.0. The van der Waals surface area contributed by atoms with E-state index in [9.17, 15) is 9.90 Å². The van der Waals surface area contributed by atoms with Crippen LogP contribution in [0.1, 0.15) is 43.0 Å². The Morgan fingerprint density at radius 1 is 1.08 bits per heavy atom. The molecule has 0 aliphatic heterocycles. The number of carbonyl (C=O) groups is 1. The first-order valence-corrected chi connectivity index (χ1v) is 12.7. The number of hydrogen-bond acceptors (Lipinski definition) is 8. The van der Waals surface area contributed by atoms with Crippen LogP contribution in [0.4, 0.5) is 0 Å². The van der Waals surface area contributed by atoms with E-state index in [0.717, 1.165) is 40.9 Å². The van der Waals surface area contributed by atoms with Gasteiger partial charge in [0.15, 0.2) is 0 Å². The average molecular weight is 511 g/mol. The number of aryl methyl sites for hydroxylation is 3. The SMILES string of the molecule is CCc1cc(-c2noc(-c3ccc(CNCC(C)C)c(C)c3)n2)cc(C)c1OC[C@@H](O)CNC(=O)CO. The van der Waals surface area contributed by atoms with Crippen LogP contribution in [0.5, 0.6) is 5.75 Å². The molecule has 0 saturated heterocycles. The van der Waals surface area contributed by atoms with E-state index in [0.29, 0.717) is 29.8 Å². The van der Waals surface area contributed by atoms with Crippen molar-refractivity contribution >= 4 is 5.91 Å². The topological polar surface area (TPSA) is 130 Å². The highest BCUT2D eigenvalue weighted by Crippen LogP contribution is 2.31. The van der Waals surface area contributed by atoms with Crippen LogP contribution in [0.15, 0.2) is 34.9 Å². The predicted molar refractivity (Wildman–Crippen MR) is 142 cm³/mol. The molecule has 1 atom stereocenters. The zero-order valence-corrected chi connectivity index (χ0v) is 22.3. The number of nitrogens with one attached hydrogen (secondary N) is 2. The number of rotatable bonds is 13. The van der Waals surface area contributed by atoms with E-state index < -0.39 is 18.6 Å². The van der Waals surface area contributed by atoms with Crippen LogP contribution in [0, 0.1) is 19.8 Å². The predicted octanol–water partition coefficient (Wildman–Crippen LogP) is 3.18. The molecule has 0 aliphatic rings. The van der Waals surface area contributed by atoms with E-state index in [2.05, 4.69) is 53.7 Å². The smallest absolute Gasteiger partial charge is 0.258 e. The number of nitrogens with zero attached hydrogens (tertiary/aromatic N) is 2. The van der Waals surface area contributed by atoms with Crippen molar-refractivity contribution in [3.05, 3.63) is 52.6 Å². The van der Waals surface area contributed by atoms with Gasteiger partial charge in [0.25, 0.3) is 5.89 Å². The van der Waals surface area contributed by atoms with Crippen LogP contribution in [0.2, 0.25) is 0 Å². The Morgan fingerprint density at radius 3 is 2.51 bits per heavy atom. The van der Waals surface area contributed by atoms with Gasteiger partial charge in [-0.25, -0.2) is 0 Å². The molecule has 0 aliphatic carbocycles. The molecule has 3 rings (SSSR count). The molecular formula is C28H38N4O5. The van der Waals surface area contributed by atoms with Crippen molar-refractivity contribution in [2.75, 3.05) is 26.3 Å². The maximum Gasteiger partial charge on any atom is 0.258 e. The van der Waals surface area contributed by atoms with Crippen LogP contribution in [0.3, 0.4) is 0 Å². The minimum atomic E-state index is -0.903. The Kier molecular flexibility index (Phi) is 10.2. The Hall–Kier alpha value is -3.27. The largest absolute Gasteiger partial charge is 0.490 e. The van der Waals surface area contributed by atoms with Gasteiger partial charge >= 0.3 is 0 Å². The molecule has 0 fully saturated rings. The number of aliphatic hydroxyl groups excluding tert-OH is 2. The molecule has 0 spiro atoms. The lowest BCUT2D eigenvalue weighted by Crippen LogP contribution is -2.36. The van der Waals surface area contributed by atoms with Gasteiger partial charge in [-0.3, -0.25) is 4.79 Å². The molecular weight excluding hydrogens is 472 g/mol. The van der Waals surface area contributed by atoms with Gasteiger partial charge in [0.05, 0.1) is 0 Å². The summed E-state index contributed by atoms with van der Waals surface area (Å²) in [5.74, 6) is 1.69. The lowest BCUT2D eigenvalue weighted by molar-refractivity contribution is -0.124. The van der Waals surface area contributed by atoms with Crippen LogP contribution < -0.4 is 15.4 Å². The molecule has 9 heteroatoms. The fraction of sp³-hybridized carbons (Fsp3) is 0.464. The Morgan fingerprint density at radius 2 is 1.84 bits per heavy atom. The minimum Gasteiger partial charge on any atom is -0.490 e. The van der Waals surface area contributed by atoms with Gasteiger partial charge in [-0.2, -0.15) is 4.98 Å². The number of hydrogen-bond donors (Lipinski definition) is 4. The van der Waals surface area contributed by atoms with E-state index in [1.54, 1.807) is 0 Å². The second kappa shape index (κ2) is 13.3. The van der Waals surface area contributed by atoms with Crippen LogP contribution in [-0.2, 0) is 17.8 Å². The normalized spacial score (nSPS) is 12.1. The average Bonchev–Trinajstić information content (AvgIpc) is 3.37. The van der Waals surface area contributed by atoms with Crippen molar-refractivity contribution in [3.8, 4) is 28.6 Å². The number of aliphatic hydroxyl groups is 2. The summed E-state index contributed by atoms with van der Waals surface area (Å²) in [6, 6.07) is 10.1. The first kappa shape index (κ1) is 28.3. The van der Waals surface area contributed by atoms with Crippen molar-refractivity contribution in [1.82, 2.24) is 20.8 Å². The highest BCUT2D eigenvalue weighted by Gasteiger charge is 2.17. The monoisotopic (exact) mass is 510 g/mol. The highest BCUT2D eigenvalue weighted by molar-refractivity contribution is 5.76. The van der Waals surface area contributed by atoms with Crippen LogP contribution in [0.25, 0.3) is 22.8 Å². The molecule has 1 amide bonds. The van der Waals surface area contributed by atoms with Crippen molar-refractivity contribution in [2.24, 2.45) is 5.92 Å². The molecule has 2 aromatic carbocycles. The molecule has 0 saturated carbocycles. The summed E-state index contributed by atoms with van der Waals surface area (Å²) in [4.78, 5) is 15.8. The van der Waals surface area contributed by atoms with Crippen molar-refractivity contribution in [1.29, 1.82) is 0 Å². The number of benzene rings is 2. The van der Waals surface area contributed by atoms with E-state index in [1.807, 2.05) is 32.0 Å². The van der Waals surface area contributed by atoms with Crippen molar-refractivity contribution < 1.29 is 24.3 Å². The van der Waals surface area contributed by atoms with Gasteiger partial charge in [0.2, 0.25) is 11.7 Å². The number of amides is 1. The third kappa shape index (κ3) is 7.85. The number of ether oxygens (including phenoxy) is 1. The van der Waals surface area contributed by atoms with Gasteiger partial charge in [-0.05, 0) is 79.3 Å². The lowest BCUT2D eigenvalue weighted by Gasteiger charge is -2.17. The molecule has 9 nitrogen and oxygen atoms in total. The second-order valence-electron chi connectivity index (χ2n) is 9.65. The molecule has 0 bridgehead atoms. The second-order valence-corrected chi connectivity index (χ2v) is 9.65. The molecule has 1 heterocycles. The summed E-state index contributed by atoms with van der Waals surface area (Å²) >= 11 is 0. The van der Waals surface area contributed by atoms with E-state index in [1.165, 1.54) is 5.56 Å². The minimum absolute atomic E-state index is 0.00146. The van der Waals surface area contributed by atoms with Crippen LogP contribution in [-0.4, -0.2) is 58.7 Å². The molecule has 0 radical (unpaired) electrons. The summed E-state index contributed by atoms with van der Waals surface area (Å²) < 4.78 is 11.5. The van der Waals surface area contributed by atoms with E-state index >= 15 is 0 Å². The summed E-state index contributed by atoms with van der Waals surface area (Å²) in [6.45, 7) is 11.6. The fourth-order valence-corrected chi connectivity index (χ4v) is 3.95. The number of aromatic nitrogens is 2. The van der Waals surface area contributed by atoms with E-state index in [4.69, 9.17) is 14.4 Å². The zero-order valence-electron chi connectivity index (χ0n) is 22.3. The third-order valence-corrected chi connectivity index (χ3v) is 5.97. The Bertz CT molecular complexity index is 1190. The van der Waals surface area contributed by atoms with Crippen molar-refractivity contribution in [2.45, 2.75) is 53.7 Å². The molecule has 0 unspecified atom stereocenters. The standard InChI is InChI=1S/C28H38N4O5/c1-6-20-11-23(10-19(5)26(20)36-16-24(34)14-30-25(35)15-33)27-31-28(37-32-27)21-7-8-22(18(4)9-21)13-29-12-17(2)3/h7-11,17,24,29,33-34H,6,12-16H2,1-5H3,(H,30,35)/t24-/m0/s1. The summed E-state index contributed by atoms with van der Waals surface area (Å²) in [7, 11) is 0. The Balaban J connectivity index is 1.72. The van der Waals surface area contributed by atoms with Gasteiger partial charge in [0.1, 0.15) is 25.1 Å². The van der Waals surface area contributed by atoms with Gasteiger partial charge < -0.3 is 30.1 Å². The molecule has 37 heavy (non-hydrogen) atoms. The maximum atomic E-state index is 11.2. The van der Waals surface area contributed by atoms with Gasteiger partial charge in [0, 0.05) is 24.2 Å². The molecule has 200 valence electrons. The first-order valence-electron chi connectivity index (χ1n) is 12.7. The van der Waals surface area contributed by atoms with Gasteiger partial charge in [-0.1, -0.05) is 32.0 Å². The maximum absolute atomic E-state index is 11.2.